The number of carbonyl (C=O) groups is 2. The van der Waals surface area contributed by atoms with Crippen LogP contribution in [0.15, 0.2) is 29.3 Å². The Morgan fingerprint density at radius 3 is 2.62 bits per heavy atom. The van der Waals surface area contributed by atoms with E-state index in [0.29, 0.717) is 27.1 Å². The minimum absolute atomic E-state index is 0.289. The molecule has 0 saturated heterocycles. The van der Waals surface area contributed by atoms with Gasteiger partial charge in [-0.05, 0) is 44.4 Å². The molecule has 0 aliphatic rings. The van der Waals surface area contributed by atoms with Crippen molar-refractivity contribution in [3.05, 3.63) is 56.4 Å². The highest BCUT2D eigenvalue weighted by Gasteiger charge is 2.25. The van der Waals surface area contributed by atoms with Gasteiger partial charge in [-0.1, -0.05) is 24.6 Å². The monoisotopic (exact) mass is 413 g/mol. The number of hydrogen-bond acceptors (Lipinski definition) is 6. The number of hydrogen-bond donors (Lipinski definition) is 1. The first-order valence-corrected chi connectivity index (χ1v) is 10.1. The predicted molar refractivity (Wildman–Crippen MR) is 114 cm³/mol. The van der Waals surface area contributed by atoms with Crippen molar-refractivity contribution in [3.63, 3.8) is 0 Å². The van der Waals surface area contributed by atoms with Gasteiger partial charge in [-0.25, -0.2) is 9.78 Å². The maximum atomic E-state index is 13.0. The number of carbonyl (C=O) groups excluding carboxylic acids is 2. The maximum absolute atomic E-state index is 13.0. The lowest BCUT2D eigenvalue weighted by Crippen LogP contribution is -2.30. The summed E-state index contributed by atoms with van der Waals surface area (Å²) in [6.45, 7) is 7.44. The number of ether oxygens (including phenoxy) is 1. The van der Waals surface area contributed by atoms with Crippen molar-refractivity contribution >= 4 is 39.1 Å². The third kappa shape index (κ3) is 3.80. The van der Waals surface area contributed by atoms with Gasteiger partial charge >= 0.3 is 5.97 Å². The van der Waals surface area contributed by atoms with E-state index in [1.807, 2.05) is 32.0 Å². The van der Waals surface area contributed by atoms with Gasteiger partial charge in [0.05, 0.1) is 23.7 Å². The fourth-order valence-electron chi connectivity index (χ4n) is 3.32. The number of aromatic nitrogens is 2. The molecular weight excluding hydrogens is 390 g/mol. The molecule has 0 bridgehead atoms. The molecule has 1 N–H and O–H groups in total. The van der Waals surface area contributed by atoms with Gasteiger partial charge in [0.2, 0.25) is 0 Å². The molecule has 8 heteroatoms. The molecular formula is C21H23N3O4S. The summed E-state index contributed by atoms with van der Waals surface area (Å²) in [6.07, 6.45) is 1.74. The van der Waals surface area contributed by atoms with E-state index in [1.54, 1.807) is 13.8 Å². The largest absolute Gasteiger partial charge is 0.467 e. The predicted octanol–water partition coefficient (Wildman–Crippen LogP) is 3.76. The highest BCUT2D eigenvalue weighted by molar-refractivity contribution is 7.20. The van der Waals surface area contributed by atoms with Gasteiger partial charge in [-0.15, -0.1) is 11.3 Å². The van der Waals surface area contributed by atoms with Crippen LogP contribution >= 0.6 is 11.3 Å². The van der Waals surface area contributed by atoms with E-state index >= 15 is 0 Å². The van der Waals surface area contributed by atoms with Crippen LogP contribution in [-0.4, -0.2) is 28.5 Å². The molecule has 1 amide bonds. The fourth-order valence-corrected chi connectivity index (χ4v) is 4.36. The number of rotatable bonds is 5. The van der Waals surface area contributed by atoms with Crippen LogP contribution in [-0.2, 0) is 9.53 Å². The number of methoxy groups -OCH3 is 1. The van der Waals surface area contributed by atoms with E-state index in [2.05, 4.69) is 10.3 Å². The van der Waals surface area contributed by atoms with Crippen LogP contribution in [0.5, 0.6) is 0 Å². The van der Waals surface area contributed by atoms with Gasteiger partial charge in [0.25, 0.3) is 11.5 Å². The Morgan fingerprint density at radius 1 is 1.28 bits per heavy atom. The average molecular weight is 413 g/mol. The number of nitrogens with one attached hydrogen (secondary N) is 1. The SMILES string of the molecule is CCC(C(=O)OC)n1cnc2sc(C(=O)Nc3ccc(C)cc3C)c(C)c2c1=O. The second-order valence-corrected chi connectivity index (χ2v) is 7.91. The van der Waals surface area contributed by atoms with Crippen molar-refractivity contribution in [2.75, 3.05) is 12.4 Å². The number of fused-ring (bicyclic) bond motifs is 1. The summed E-state index contributed by atoms with van der Waals surface area (Å²) < 4.78 is 6.07. The topological polar surface area (TPSA) is 90.3 Å². The van der Waals surface area contributed by atoms with Gasteiger partial charge in [0.1, 0.15) is 10.9 Å². The van der Waals surface area contributed by atoms with Crippen LogP contribution < -0.4 is 10.9 Å². The van der Waals surface area contributed by atoms with Crippen LogP contribution in [0.25, 0.3) is 10.2 Å². The zero-order chi connectivity index (χ0) is 21.3. The first-order chi connectivity index (χ1) is 13.8. The molecule has 1 aromatic carbocycles. The summed E-state index contributed by atoms with van der Waals surface area (Å²) in [6, 6.07) is 5.03. The highest BCUT2D eigenvalue weighted by Crippen LogP contribution is 2.29. The highest BCUT2D eigenvalue weighted by atomic mass is 32.1. The number of thiophene rings is 1. The van der Waals surface area contributed by atoms with Gasteiger partial charge in [-0.3, -0.25) is 14.2 Å². The standard InChI is InChI=1S/C21H23N3O4S/c1-6-15(21(27)28-5)24-10-22-19-16(20(24)26)13(4)17(29-19)18(25)23-14-8-7-11(2)9-12(14)3/h7-10,15H,6H2,1-5H3,(H,23,25). The molecule has 7 nitrogen and oxygen atoms in total. The van der Waals surface area contributed by atoms with Crippen LogP contribution in [0.2, 0.25) is 0 Å². The van der Waals surface area contributed by atoms with E-state index in [-0.39, 0.29) is 11.5 Å². The van der Waals surface area contributed by atoms with E-state index in [9.17, 15) is 14.4 Å². The zero-order valence-corrected chi connectivity index (χ0v) is 17.8. The van der Waals surface area contributed by atoms with Crippen LogP contribution in [0.3, 0.4) is 0 Å². The molecule has 3 aromatic rings. The van der Waals surface area contributed by atoms with Crippen LogP contribution in [0.4, 0.5) is 5.69 Å². The Balaban J connectivity index is 2.04. The number of anilines is 1. The molecule has 1 unspecified atom stereocenters. The fraction of sp³-hybridized carbons (Fsp3) is 0.333. The lowest BCUT2D eigenvalue weighted by Gasteiger charge is -2.15. The van der Waals surface area contributed by atoms with E-state index < -0.39 is 12.0 Å². The Morgan fingerprint density at radius 2 is 2.00 bits per heavy atom. The second kappa shape index (κ2) is 8.16. The van der Waals surface area contributed by atoms with Crippen molar-refractivity contribution in [2.45, 2.75) is 40.2 Å². The minimum Gasteiger partial charge on any atom is -0.467 e. The first kappa shape index (κ1) is 20.7. The van der Waals surface area contributed by atoms with Crippen molar-refractivity contribution in [1.29, 1.82) is 0 Å². The third-order valence-corrected chi connectivity index (χ3v) is 6.11. The van der Waals surface area contributed by atoms with E-state index in [1.165, 1.54) is 18.0 Å². The van der Waals surface area contributed by atoms with E-state index in [0.717, 1.165) is 28.2 Å². The summed E-state index contributed by atoms with van der Waals surface area (Å²) in [5.41, 5.74) is 2.99. The van der Waals surface area contributed by atoms with Crippen LogP contribution in [0.1, 0.15) is 45.7 Å². The van der Waals surface area contributed by atoms with Gasteiger partial charge in [0.15, 0.2) is 0 Å². The molecule has 2 heterocycles. The van der Waals surface area contributed by atoms with Gasteiger partial charge < -0.3 is 10.1 Å². The molecule has 3 rings (SSSR count). The molecule has 0 fully saturated rings. The summed E-state index contributed by atoms with van der Waals surface area (Å²) in [4.78, 5) is 43.1. The number of benzene rings is 1. The molecule has 0 aliphatic carbocycles. The number of aryl methyl sites for hydroxylation is 3. The minimum atomic E-state index is -0.754. The Hall–Kier alpha value is -3.00. The second-order valence-electron chi connectivity index (χ2n) is 6.91. The Kier molecular flexibility index (Phi) is 5.83. The first-order valence-electron chi connectivity index (χ1n) is 9.25. The smallest absolute Gasteiger partial charge is 0.329 e. The maximum Gasteiger partial charge on any atom is 0.329 e. The van der Waals surface area contributed by atoms with Crippen LogP contribution in [0, 0.1) is 20.8 Å². The van der Waals surface area contributed by atoms with Crippen molar-refractivity contribution in [3.8, 4) is 0 Å². The summed E-state index contributed by atoms with van der Waals surface area (Å²) >= 11 is 1.16. The normalized spacial score (nSPS) is 12.0. The molecule has 0 aliphatic heterocycles. The summed E-state index contributed by atoms with van der Waals surface area (Å²) in [5.74, 6) is -0.792. The third-order valence-electron chi connectivity index (χ3n) is 4.91. The quantitative estimate of drug-likeness (QED) is 0.643. The van der Waals surface area contributed by atoms with Crippen molar-refractivity contribution in [2.24, 2.45) is 0 Å². The number of esters is 1. The molecule has 1 atom stereocenters. The molecule has 29 heavy (non-hydrogen) atoms. The molecule has 0 spiro atoms. The molecule has 0 radical (unpaired) electrons. The summed E-state index contributed by atoms with van der Waals surface area (Å²) in [7, 11) is 1.29. The zero-order valence-electron chi connectivity index (χ0n) is 17.0. The molecule has 152 valence electrons. The lowest BCUT2D eigenvalue weighted by molar-refractivity contribution is -0.144. The Bertz CT molecular complexity index is 1160. The van der Waals surface area contributed by atoms with Crippen molar-refractivity contribution in [1.82, 2.24) is 9.55 Å². The van der Waals surface area contributed by atoms with E-state index in [4.69, 9.17) is 4.74 Å². The van der Waals surface area contributed by atoms with Gasteiger partial charge in [-0.2, -0.15) is 0 Å². The lowest BCUT2D eigenvalue weighted by atomic mass is 10.1. The number of nitrogens with zero attached hydrogens (tertiary/aromatic N) is 2. The van der Waals surface area contributed by atoms with Crippen molar-refractivity contribution < 1.29 is 14.3 Å². The van der Waals surface area contributed by atoms with Gasteiger partial charge in [0, 0.05) is 5.69 Å². The molecule has 0 saturated carbocycles. The summed E-state index contributed by atoms with van der Waals surface area (Å²) in [5, 5.41) is 3.26. The number of amides is 1. The average Bonchev–Trinajstić information content (AvgIpc) is 3.03. The molecule has 2 aromatic heterocycles. The Labute approximate surface area is 172 Å².